The minimum absolute atomic E-state index is 0.0524. The van der Waals surface area contributed by atoms with Crippen molar-refractivity contribution in [3.8, 4) is 0 Å². The first kappa shape index (κ1) is 9.93. The minimum Gasteiger partial charge on any atom is -0.481 e. The quantitative estimate of drug-likeness (QED) is 0.688. The van der Waals surface area contributed by atoms with Gasteiger partial charge < -0.3 is 15.6 Å². The summed E-state index contributed by atoms with van der Waals surface area (Å²) in [4.78, 5) is 11.2. The zero-order valence-electron chi connectivity index (χ0n) is 8.24. The van der Waals surface area contributed by atoms with E-state index < -0.39 is 11.4 Å². The van der Waals surface area contributed by atoms with Gasteiger partial charge in [-0.25, -0.2) is 0 Å². The molecule has 4 heteroatoms. The molecule has 0 amide bonds. The van der Waals surface area contributed by atoms with Gasteiger partial charge in [-0.15, -0.1) is 0 Å². The van der Waals surface area contributed by atoms with E-state index in [1.54, 1.807) is 0 Å². The molecular formula is C10H17NO3. The molecule has 1 atom stereocenters. The predicted octanol–water partition coefficient (Wildman–Crippen LogP) is 0.748. The van der Waals surface area contributed by atoms with Gasteiger partial charge in [-0.1, -0.05) is 0 Å². The zero-order chi connectivity index (χ0) is 10.2. The van der Waals surface area contributed by atoms with Gasteiger partial charge in [-0.05, 0) is 32.1 Å². The van der Waals surface area contributed by atoms with Crippen molar-refractivity contribution < 1.29 is 14.6 Å². The van der Waals surface area contributed by atoms with Crippen LogP contribution in [0.4, 0.5) is 0 Å². The average Bonchev–Trinajstić information content (AvgIpc) is 2.13. The summed E-state index contributed by atoms with van der Waals surface area (Å²) in [6.45, 7) is 0.703. The van der Waals surface area contributed by atoms with Crippen LogP contribution in [0, 0.1) is 5.41 Å². The Hall–Kier alpha value is -0.610. The Labute approximate surface area is 83.4 Å². The van der Waals surface area contributed by atoms with Crippen molar-refractivity contribution in [2.75, 3.05) is 6.61 Å². The Balaban J connectivity index is 2.07. The molecule has 1 saturated carbocycles. The molecule has 4 nitrogen and oxygen atoms in total. The summed E-state index contributed by atoms with van der Waals surface area (Å²) in [5, 5.41) is 9.22. The molecule has 0 spiro atoms. The van der Waals surface area contributed by atoms with Gasteiger partial charge in [-0.3, -0.25) is 4.79 Å². The SMILES string of the molecule is NC1CC(C(=O)O)(C2CCCCO2)C1. The molecule has 1 heterocycles. The topological polar surface area (TPSA) is 72.6 Å². The second-order valence-electron chi connectivity index (χ2n) is 4.48. The summed E-state index contributed by atoms with van der Waals surface area (Å²) < 4.78 is 5.56. The van der Waals surface area contributed by atoms with E-state index in [1.165, 1.54) is 0 Å². The highest BCUT2D eigenvalue weighted by molar-refractivity contribution is 5.77. The molecule has 1 aliphatic carbocycles. The predicted molar refractivity (Wildman–Crippen MR) is 50.9 cm³/mol. The number of carboxylic acid groups (broad SMARTS) is 1. The smallest absolute Gasteiger partial charge is 0.312 e. The van der Waals surface area contributed by atoms with Gasteiger partial charge in [0.25, 0.3) is 0 Å². The van der Waals surface area contributed by atoms with Crippen LogP contribution in [0.5, 0.6) is 0 Å². The molecule has 0 aromatic rings. The van der Waals surface area contributed by atoms with Crippen LogP contribution < -0.4 is 5.73 Å². The lowest BCUT2D eigenvalue weighted by molar-refractivity contribution is -0.176. The molecule has 1 aliphatic heterocycles. The van der Waals surface area contributed by atoms with Crippen LogP contribution in [-0.2, 0) is 9.53 Å². The van der Waals surface area contributed by atoms with E-state index in [0.29, 0.717) is 19.4 Å². The summed E-state index contributed by atoms with van der Waals surface area (Å²) in [6.07, 6.45) is 4.06. The maximum absolute atomic E-state index is 11.2. The van der Waals surface area contributed by atoms with E-state index in [1.807, 2.05) is 0 Å². The Morgan fingerprint density at radius 2 is 2.14 bits per heavy atom. The summed E-state index contributed by atoms with van der Waals surface area (Å²) in [6, 6.07) is 0.0524. The molecule has 0 aromatic carbocycles. The number of hydrogen-bond donors (Lipinski definition) is 2. The number of carbonyl (C=O) groups is 1. The Morgan fingerprint density at radius 3 is 2.57 bits per heavy atom. The molecule has 80 valence electrons. The van der Waals surface area contributed by atoms with E-state index in [2.05, 4.69) is 0 Å². The first-order chi connectivity index (χ1) is 6.65. The molecule has 2 aliphatic rings. The fraction of sp³-hybridized carbons (Fsp3) is 0.900. The fourth-order valence-electron chi connectivity index (χ4n) is 2.63. The Bertz CT molecular complexity index is 230. The Kier molecular flexibility index (Phi) is 2.49. The number of rotatable bonds is 2. The van der Waals surface area contributed by atoms with Gasteiger partial charge in [0.2, 0.25) is 0 Å². The molecular weight excluding hydrogens is 182 g/mol. The summed E-state index contributed by atoms with van der Waals surface area (Å²) in [5.74, 6) is -0.730. The first-order valence-corrected chi connectivity index (χ1v) is 5.26. The zero-order valence-corrected chi connectivity index (χ0v) is 8.24. The van der Waals surface area contributed by atoms with Gasteiger partial charge in [0, 0.05) is 12.6 Å². The summed E-state index contributed by atoms with van der Waals surface area (Å²) in [5.41, 5.74) is 5.01. The van der Waals surface area contributed by atoms with Crippen LogP contribution in [0.15, 0.2) is 0 Å². The normalized spacial score (nSPS) is 42.9. The van der Waals surface area contributed by atoms with Crippen molar-refractivity contribution in [2.24, 2.45) is 11.1 Å². The van der Waals surface area contributed by atoms with Crippen LogP contribution >= 0.6 is 0 Å². The van der Waals surface area contributed by atoms with Crippen LogP contribution in [0.3, 0.4) is 0 Å². The average molecular weight is 199 g/mol. The van der Waals surface area contributed by atoms with Gasteiger partial charge in [0.15, 0.2) is 0 Å². The molecule has 0 radical (unpaired) electrons. The van der Waals surface area contributed by atoms with Crippen molar-refractivity contribution in [1.29, 1.82) is 0 Å². The lowest BCUT2D eigenvalue weighted by Crippen LogP contribution is -2.58. The monoisotopic (exact) mass is 199 g/mol. The van der Waals surface area contributed by atoms with E-state index in [4.69, 9.17) is 10.5 Å². The van der Waals surface area contributed by atoms with Gasteiger partial charge in [0.1, 0.15) is 0 Å². The second-order valence-corrected chi connectivity index (χ2v) is 4.48. The van der Waals surface area contributed by atoms with Crippen molar-refractivity contribution in [2.45, 2.75) is 44.2 Å². The Morgan fingerprint density at radius 1 is 1.43 bits per heavy atom. The van der Waals surface area contributed by atoms with E-state index in [9.17, 15) is 9.90 Å². The molecule has 1 unspecified atom stereocenters. The fourth-order valence-corrected chi connectivity index (χ4v) is 2.63. The van der Waals surface area contributed by atoms with Gasteiger partial charge in [-0.2, -0.15) is 0 Å². The number of ether oxygens (including phenoxy) is 1. The van der Waals surface area contributed by atoms with E-state index in [0.717, 1.165) is 19.3 Å². The van der Waals surface area contributed by atoms with Gasteiger partial charge >= 0.3 is 5.97 Å². The first-order valence-electron chi connectivity index (χ1n) is 5.26. The molecule has 2 fully saturated rings. The van der Waals surface area contributed by atoms with Crippen molar-refractivity contribution in [3.05, 3.63) is 0 Å². The molecule has 1 saturated heterocycles. The summed E-state index contributed by atoms with van der Waals surface area (Å²) >= 11 is 0. The maximum Gasteiger partial charge on any atom is 0.312 e. The third kappa shape index (κ3) is 1.42. The highest BCUT2D eigenvalue weighted by Gasteiger charge is 2.55. The van der Waals surface area contributed by atoms with E-state index >= 15 is 0 Å². The van der Waals surface area contributed by atoms with Crippen LogP contribution in [0.25, 0.3) is 0 Å². The third-order valence-electron chi connectivity index (χ3n) is 3.47. The minimum atomic E-state index is -0.730. The van der Waals surface area contributed by atoms with Crippen LogP contribution in [0.1, 0.15) is 32.1 Å². The standard InChI is InChI=1S/C10H17NO3/c11-7-5-10(6-7,9(12)13)8-3-1-2-4-14-8/h7-8H,1-6,11H2,(H,12,13). The largest absolute Gasteiger partial charge is 0.481 e. The second kappa shape index (κ2) is 3.51. The van der Waals surface area contributed by atoms with Gasteiger partial charge in [0.05, 0.1) is 11.5 Å². The number of hydrogen-bond acceptors (Lipinski definition) is 3. The van der Waals surface area contributed by atoms with Crippen LogP contribution in [0.2, 0.25) is 0 Å². The highest BCUT2D eigenvalue weighted by Crippen LogP contribution is 2.47. The lowest BCUT2D eigenvalue weighted by Gasteiger charge is -2.48. The molecule has 2 rings (SSSR count). The van der Waals surface area contributed by atoms with E-state index in [-0.39, 0.29) is 12.1 Å². The van der Waals surface area contributed by atoms with Crippen molar-refractivity contribution in [1.82, 2.24) is 0 Å². The molecule has 14 heavy (non-hydrogen) atoms. The maximum atomic E-state index is 11.2. The highest BCUT2D eigenvalue weighted by atomic mass is 16.5. The van der Waals surface area contributed by atoms with Crippen molar-refractivity contribution >= 4 is 5.97 Å². The number of nitrogens with two attached hydrogens (primary N) is 1. The van der Waals surface area contributed by atoms with Crippen LogP contribution in [-0.4, -0.2) is 29.8 Å². The molecule has 3 N–H and O–H groups in total. The molecule has 0 bridgehead atoms. The lowest BCUT2D eigenvalue weighted by atomic mass is 9.61. The van der Waals surface area contributed by atoms with Crippen molar-refractivity contribution in [3.63, 3.8) is 0 Å². The third-order valence-corrected chi connectivity index (χ3v) is 3.47. The summed E-state index contributed by atoms with van der Waals surface area (Å²) in [7, 11) is 0. The number of carboxylic acids is 1. The molecule has 0 aromatic heterocycles. The number of aliphatic carboxylic acids is 1.